The predicted octanol–water partition coefficient (Wildman–Crippen LogP) is 2.35. The molecule has 0 atom stereocenters. The van der Waals surface area contributed by atoms with Gasteiger partial charge in [0.2, 0.25) is 5.91 Å². The molecule has 1 fully saturated rings. The van der Waals surface area contributed by atoms with Crippen molar-refractivity contribution in [3.05, 3.63) is 35.9 Å². The fraction of sp³-hybridized carbons (Fsp3) is 0.562. The first kappa shape index (κ1) is 14.1. The van der Waals surface area contributed by atoms with Crippen LogP contribution in [-0.4, -0.2) is 29.4 Å². The monoisotopic (exact) mass is 260 g/mol. The number of carbonyl (C=O) groups is 1. The average Bonchev–Trinajstić information content (AvgIpc) is 2.37. The lowest BCUT2D eigenvalue weighted by Crippen LogP contribution is -2.68. The van der Waals surface area contributed by atoms with E-state index >= 15 is 0 Å². The second-order valence-electron chi connectivity index (χ2n) is 5.70. The summed E-state index contributed by atoms with van der Waals surface area (Å²) in [5.41, 5.74) is 7.36. The molecule has 19 heavy (non-hydrogen) atoms. The van der Waals surface area contributed by atoms with Gasteiger partial charge in [-0.2, -0.15) is 0 Å². The lowest BCUT2D eigenvalue weighted by Gasteiger charge is -2.48. The highest BCUT2D eigenvalue weighted by Gasteiger charge is 2.40. The Bertz CT molecular complexity index is 410. The highest BCUT2D eigenvalue weighted by Crippen LogP contribution is 2.24. The van der Waals surface area contributed by atoms with E-state index in [9.17, 15) is 4.79 Å². The SMILES string of the molecule is CCCC1(N)CN(C(=O)CCCc2ccccc2)C1. The maximum absolute atomic E-state index is 12.0. The number of hydrogen-bond donors (Lipinski definition) is 1. The summed E-state index contributed by atoms with van der Waals surface area (Å²) < 4.78 is 0. The van der Waals surface area contributed by atoms with Crippen LogP contribution in [0.2, 0.25) is 0 Å². The van der Waals surface area contributed by atoms with Crippen LogP contribution in [0.3, 0.4) is 0 Å². The van der Waals surface area contributed by atoms with Crippen molar-refractivity contribution in [2.75, 3.05) is 13.1 Å². The van der Waals surface area contributed by atoms with Crippen molar-refractivity contribution < 1.29 is 4.79 Å². The summed E-state index contributed by atoms with van der Waals surface area (Å²) in [4.78, 5) is 13.9. The average molecular weight is 260 g/mol. The van der Waals surface area contributed by atoms with E-state index in [4.69, 9.17) is 5.73 Å². The molecule has 104 valence electrons. The summed E-state index contributed by atoms with van der Waals surface area (Å²) in [5, 5.41) is 0. The summed E-state index contributed by atoms with van der Waals surface area (Å²) in [7, 11) is 0. The Morgan fingerprint density at radius 1 is 1.32 bits per heavy atom. The van der Waals surface area contributed by atoms with E-state index in [0.717, 1.165) is 38.8 Å². The Morgan fingerprint density at radius 2 is 2.00 bits per heavy atom. The van der Waals surface area contributed by atoms with Gasteiger partial charge in [-0.05, 0) is 24.8 Å². The summed E-state index contributed by atoms with van der Waals surface area (Å²) in [6.07, 6.45) is 4.64. The fourth-order valence-electron chi connectivity index (χ4n) is 2.79. The minimum absolute atomic E-state index is 0.107. The van der Waals surface area contributed by atoms with Gasteiger partial charge in [0, 0.05) is 19.5 Å². The predicted molar refractivity (Wildman–Crippen MR) is 77.8 cm³/mol. The highest BCUT2D eigenvalue weighted by atomic mass is 16.2. The molecule has 0 saturated carbocycles. The van der Waals surface area contributed by atoms with Crippen molar-refractivity contribution in [3.8, 4) is 0 Å². The minimum Gasteiger partial charge on any atom is -0.339 e. The number of nitrogens with two attached hydrogens (primary N) is 1. The van der Waals surface area contributed by atoms with Gasteiger partial charge >= 0.3 is 0 Å². The van der Waals surface area contributed by atoms with Crippen LogP contribution in [0.5, 0.6) is 0 Å². The summed E-state index contributed by atoms with van der Waals surface area (Å²) in [5.74, 6) is 0.258. The van der Waals surface area contributed by atoms with Crippen LogP contribution in [0.1, 0.15) is 38.2 Å². The molecule has 2 N–H and O–H groups in total. The first-order valence-corrected chi connectivity index (χ1v) is 7.23. The van der Waals surface area contributed by atoms with E-state index in [0.29, 0.717) is 6.42 Å². The first-order chi connectivity index (χ1) is 9.13. The van der Waals surface area contributed by atoms with E-state index in [1.165, 1.54) is 5.56 Å². The molecule has 0 radical (unpaired) electrons. The van der Waals surface area contributed by atoms with Gasteiger partial charge in [0.15, 0.2) is 0 Å². The van der Waals surface area contributed by atoms with Crippen molar-refractivity contribution in [3.63, 3.8) is 0 Å². The zero-order valence-electron chi connectivity index (χ0n) is 11.8. The zero-order valence-corrected chi connectivity index (χ0v) is 11.8. The topological polar surface area (TPSA) is 46.3 Å². The summed E-state index contributed by atoms with van der Waals surface area (Å²) in [6, 6.07) is 10.3. The highest BCUT2D eigenvalue weighted by molar-refractivity contribution is 5.77. The molecule has 1 aromatic carbocycles. The zero-order chi connectivity index (χ0) is 13.7. The van der Waals surface area contributed by atoms with E-state index in [1.807, 2.05) is 23.1 Å². The molecule has 0 aliphatic carbocycles. The molecule has 0 spiro atoms. The number of benzene rings is 1. The number of hydrogen-bond acceptors (Lipinski definition) is 2. The second kappa shape index (κ2) is 6.20. The number of nitrogens with zero attached hydrogens (tertiary/aromatic N) is 1. The molecule has 3 heteroatoms. The molecule has 0 unspecified atom stereocenters. The normalized spacial score (nSPS) is 17.1. The van der Waals surface area contributed by atoms with E-state index < -0.39 is 0 Å². The Kier molecular flexibility index (Phi) is 4.59. The summed E-state index contributed by atoms with van der Waals surface area (Å²) >= 11 is 0. The molecular weight excluding hydrogens is 236 g/mol. The second-order valence-corrected chi connectivity index (χ2v) is 5.70. The van der Waals surface area contributed by atoms with Crippen LogP contribution in [0, 0.1) is 0 Å². The standard InChI is InChI=1S/C16H24N2O/c1-2-11-16(17)12-18(13-16)15(19)10-6-9-14-7-4-3-5-8-14/h3-5,7-8H,2,6,9-13,17H2,1H3. The Morgan fingerprint density at radius 3 is 2.63 bits per heavy atom. The smallest absolute Gasteiger partial charge is 0.222 e. The first-order valence-electron chi connectivity index (χ1n) is 7.23. The number of rotatable bonds is 6. The maximum atomic E-state index is 12.0. The van der Waals surface area contributed by atoms with Crippen molar-refractivity contribution in [1.82, 2.24) is 4.90 Å². The molecule has 1 heterocycles. The van der Waals surface area contributed by atoms with Crippen molar-refractivity contribution in [1.29, 1.82) is 0 Å². The molecular formula is C16H24N2O. The molecule has 0 aromatic heterocycles. The third-order valence-corrected chi connectivity index (χ3v) is 3.81. The van der Waals surface area contributed by atoms with Gasteiger partial charge in [-0.1, -0.05) is 43.7 Å². The van der Waals surface area contributed by atoms with Gasteiger partial charge in [0.25, 0.3) is 0 Å². The van der Waals surface area contributed by atoms with Crippen molar-refractivity contribution >= 4 is 5.91 Å². The minimum atomic E-state index is -0.107. The Hall–Kier alpha value is -1.35. The molecule has 1 aliphatic rings. The molecule has 1 aromatic rings. The van der Waals surface area contributed by atoms with Gasteiger partial charge in [-0.3, -0.25) is 4.79 Å². The van der Waals surface area contributed by atoms with Gasteiger partial charge in [-0.25, -0.2) is 0 Å². The van der Waals surface area contributed by atoms with Gasteiger partial charge in [0.1, 0.15) is 0 Å². The molecule has 2 rings (SSSR count). The van der Waals surface area contributed by atoms with Gasteiger partial charge < -0.3 is 10.6 Å². The maximum Gasteiger partial charge on any atom is 0.222 e. The van der Waals surface area contributed by atoms with Gasteiger partial charge in [0.05, 0.1) is 5.54 Å². The van der Waals surface area contributed by atoms with Gasteiger partial charge in [-0.15, -0.1) is 0 Å². The lowest BCUT2D eigenvalue weighted by molar-refractivity contribution is -0.139. The van der Waals surface area contributed by atoms with Crippen LogP contribution < -0.4 is 5.73 Å². The fourth-order valence-corrected chi connectivity index (χ4v) is 2.79. The van der Waals surface area contributed by atoms with Crippen LogP contribution in [0.15, 0.2) is 30.3 Å². The third-order valence-electron chi connectivity index (χ3n) is 3.81. The number of likely N-dealkylation sites (tertiary alicyclic amines) is 1. The van der Waals surface area contributed by atoms with Crippen LogP contribution in [0.25, 0.3) is 0 Å². The van der Waals surface area contributed by atoms with E-state index in [2.05, 4.69) is 19.1 Å². The molecule has 1 saturated heterocycles. The molecule has 1 aliphatic heterocycles. The number of aryl methyl sites for hydroxylation is 1. The van der Waals surface area contributed by atoms with E-state index in [1.54, 1.807) is 0 Å². The summed E-state index contributed by atoms with van der Waals surface area (Å²) in [6.45, 7) is 3.62. The Labute approximate surface area is 115 Å². The van der Waals surface area contributed by atoms with Crippen LogP contribution in [0.4, 0.5) is 0 Å². The quantitative estimate of drug-likeness (QED) is 0.853. The van der Waals surface area contributed by atoms with E-state index in [-0.39, 0.29) is 11.4 Å². The van der Waals surface area contributed by atoms with Crippen LogP contribution >= 0.6 is 0 Å². The molecule has 0 bridgehead atoms. The largest absolute Gasteiger partial charge is 0.339 e. The van der Waals surface area contributed by atoms with Crippen LogP contribution in [-0.2, 0) is 11.2 Å². The number of amides is 1. The molecule has 3 nitrogen and oxygen atoms in total. The Balaban J connectivity index is 1.66. The number of carbonyl (C=O) groups excluding carboxylic acids is 1. The van der Waals surface area contributed by atoms with Crippen molar-refractivity contribution in [2.24, 2.45) is 5.73 Å². The molecule has 1 amide bonds. The lowest BCUT2D eigenvalue weighted by atomic mass is 9.86. The third kappa shape index (κ3) is 3.80. The van der Waals surface area contributed by atoms with Crippen molar-refractivity contribution in [2.45, 2.75) is 44.6 Å².